The number of hydrogen-bond acceptors (Lipinski definition) is 6. The number of carboxylic acids is 1. The van der Waals surface area contributed by atoms with Crippen LogP contribution in [0.15, 0.2) is 70.6 Å². The van der Waals surface area contributed by atoms with Crippen LogP contribution in [0.1, 0.15) is 35.3 Å². The number of carbonyl (C=O) groups excluding carboxylic acids is 1. The van der Waals surface area contributed by atoms with Crippen LogP contribution < -0.4 is 9.47 Å². The average Bonchev–Trinajstić information content (AvgIpc) is 3.19. The van der Waals surface area contributed by atoms with Gasteiger partial charge in [0.15, 0.2) is 16.7 Å². The summed E-state index contributed by atoms with van der Waals surface area (Å²) in [6.07, 6.45) is 1.79. The molecule has 10 heteroatoms. The Bertz CT molecular complexity index is 1420. The second kappa shape index (κ2) is 12.4. The van der Waals surface area contributed by atoms with Crippen LogP contribution in [0.3, 0.4) is 0 Å². The van der Waals surface area contributed by atoms with Crippen molar-refractivity contribution in [1.29, 1.82) is 0 Å². The molecule has 7 nitrogen and oxygen atoms in total. The van der Waals surface area contributed by atoms with E-state index in [4.69, 9.17) is 37.8 Å². The number of hydrogen-bond donors (Lipinski definition) is 1. The minimum Gasteiger partial charge on any atom is -0.490 e. The lowest BCUT2D eigenvalue weighted by molar-refractivity contribution is -0.122. The number of rotatable bonds is 9. The first-order valence-electron chi connectivity index (χ1n) is 11.8. The molecular weight excluding hydrogens is 547 g/mol. The number of ether oxygens (including phenoxy) is 2. The molecule has 0 bridgehead atoms. The van der Waals surface area contributed by atoms with Crippen molar-refractivity contribution in [2.75, 3.05) is 13.2 Å². The Hall–Kier alpha value is -3.46. The highest BCUT2D eigenvalue weighted by Gasteiger charge is 2.32. The predicted molar refractivity (Wildman–Crippen MR) is 152 cm³/mol. The number of benzene rings is 3. The first kappa shape index (κ1) is 27.6. The highest BCUT2D eigenvalue weighted by molar-refractivity contribution is 8.18. The maximum Gasteiger partial charge on any atom is 0.335 e. The zero-order valence-electron chi connectivity index (χ0n) is 20.6. The van der Waals surface area contributed by atoms with Gasteiger partial charge in [-0.2, -0.15) is 0 Å². The molecule has 1 aliphatic rings. The Balaban J connectivity index is 1.55. The summed E-state index contributed by atoms with van der Waals surface area (Å²) in [5.74, 6) is -0.0478. The standard InChI is InChI=1S/C28H24Cl2N2O5S/c1-3-32-26(33)25(38-28(32)31-20-9-7-19(8-10-20)27(34)35)15-17-6-12-23(24(14-17)36-4-2)37-16-18-5-11-21(29)22(30)13-18/h5-15H,3-4,16H2,1-2H3,(H,34,35). The number of likely N-dealkylation sites (N-methyl/N-ethyl adjacent to an activating group) is 1. The number of halogens is 2. The Morgan fingerprint density at radius 2 is 1.76 bits per heavy atom. The number of carboxylic acid groups (broad SMARTS) is 1. The van der Waals surface area contributed by atoms with Crippen LogP contribution in [0.4, 0.5) is 5.69 Å². The van der Waals surface area contributed by atoms with E-state index < -0.39 is 5.97 Å². The third-order valence-electron chi connectivity index (χ3n) is 5.49. The van der Waals surface area contributed by atoms with Crippen molar-refractivity contribution in [1.82, 2.24) is 4.90 Å². The van der Waals surface area contributed by atoms with Crippen molar-refractivity contribution in [2.45, 2.75) is 20.5 Å². The fourth-order valence-corrected chi connectivity index (χ4v) is 4.99. The molecule has 1 amide bonds. The molecule has 0 spiro atoms. The van der Waals surface area contributed by atoms with Crippen LogP contribution in [0.5, 0.6) is 11.5 Å². The van der Waals surface area contributed by atoms with Crippen molar-refractivity contribution >= 4 is 63.8 Å². The van der Waals surface area contributed by atoms with Crippen LogP contribution in [0.2, 0.25) is 10.0 Å². The van der Waals surface area contributed by atoms with E-state index in [0.717, 1.165) is 11.1 Å². The molecule has 38 heavy (non-hydrogen) atoms. The minimum atomic E-state index is -1.01. The van der Waals surface area contributed by atoms with E-state index in [2.05, 4.69) is 4.99 Å². The van der Waals surface area contributed by atoms with E-state index in [-0.39, 0.29) is 18.1 Å². The molecule has 3 aromatic rings. The largest absolute Gasteiger partial charge is 0.490 e. The summed E-state index contributed by atoms with van der Waals surface area (Å²) >= 11 is 13.4. The third-order valence-corrected chi connectivity index (χ3v) is 7.23. The number of thioether (sulfide) groups is 1. The molecular formula is C28H24Cl2N2O5S. The fraction of sp³-hybridized carbons (Fsp3) is 0.179. The van der Waals surface area contributed by atoms with Gasteiger partial charge < -0.3 is 14.6 Å². The van der Waals surface area contributed by atoms with E-state index >= 15 is 0 Å². The summed E-state index contributed by atoms with van der Waals surface area (Å²) < 4.78 is 11.8. The topological polar surface area (TPSA) is 88.4 Å². The van der Waals surface area contributed by atoms with Crippen molar-refractivity contribution < 1.29 is 24.2 Å². The Morgan fingerprint density at radius 3 is 2.42 bits per heavy atom. The molecule has 0 radical (unpaired) electrons. The third kappa shape index (κ3) is 6.51. The second-order valence-electron chi connectivity index (χ2n) is 8.08. The lowest BCUT2D eigenvalue weighted by atomic mass is 10.1. The maximum atomic E-state index is 13.1. The highest BCUT2D eigenvalue weighted by atomic mass is 35.5. The molecule has 0 aromatic heterocycles. The summed E-state index contributed by atoms with van der Waals surface area (Å²) in [6.45, 7) is 4.93. The number of amidine groups is 1. The van der Waals surface area contributed by atoms with Crippen molar-refractivity contribution in [2.24, 2.45) is 4.99 Å². The van der Waals surface area contributed by atoms with E-state index in [0.29, 0.717) is 50.5 Å². The highest BCUT2D eigenvalue weighted by Crippen LogP contribution is 2.36. The molecule has 3 aromatic carbocycles. The van der Waals surface area contributed by atoms with Gasteiger partial charge in [0.2, 0.25) is 0 Å². The smallest absolute Gasteiger partial charge is 0.335 e. The van der Waals surface area contributed by atoms with Crippen LogP contribution >= 0.6 is 35.0 Å². The lowest BCUT2D eigenvalue weighted by Gasteiger charge is -2.13. The van der Waals surface area contributed by atoms with E-state index in [9.17, 15) is 9.59 Å². The van der Waals surface area contributed by atoms with Gasteiger partial charge >= 0.3 is 5.97 Å². The number of aromatic carboxylic acids is 1. The zero-order chi connectivity index (χ0) is 27.2. The van der Waals surface area contributed by atoms with E-state index in [1.165, 1.54) is 23.9 Å². The first-order valence-corrected chi connectivity index (χ1v) is 13.3. The first-order chi connectivity index (χ1) is 18.3. The lowest BCUT2D eigenvalue weighted by Crippen LogP contribution is -2.28. The van der Waals surface area contributed by atoms with E-state index in [1.54, 1.807) is 41.3 Å². The van der Waals surface area contributed by atoms with Crippen LogP contribution in [-0.4, -0.2) is 40.2 Å². The van der Waals surface area contributed by atoms with Gasteiger partial charge in [-0.25, -0.2) is 9.79 Å². The molecule has 1 fully saturated rings. The quantitative estimate of drug-likeness (QED) is 0.271. The van der Waals surface area contributed by atoms with Gasteiger partial charge in [-0.1, -0.05) is 35.3 Å². The molecule has 1 saturated heterocycles. The predicted octanol–water partition coefficient (Wildman–Crippen LogP) is 7.29. The normalized spacial score (nSPS) is 15.4. The van der Waals surface area contributed by atoms with Gasteiger partial charge in [-0.05, 0) is 91.3 Å². The van der Waals surface area contributed by atoms with Crippen LogP contribution in [0.25, 0.3) is 6.08 Å². The van der Waals surface area contributed by atoms with Crippen molar-refractivity contribution in [3.05, 3.63) is 92.3 Å². The van der Waals surface area contributed by atoms with Crippen molar-refractivity contribution in [3.8, 4) is 11.5 Å². The summed E-state index contributed by atoms with van der Waals surface area (Å²) in [4.78, 5) is 30.8. The number of aliphatic imine (C=N–C) groups is 1. The zero-order valence-corrected chi connectivity index (χ0v) is 22.9. The Kier molecular flexibility index (Phi) is 8.99. The molecule has 4 rings (SSSR count). The summed E-state index contributed by atoms with van der Waals surface area (Å²) in [5.41, 5.74) is 2.37. The van der Waals surface area contributed by atoms with Crippen LogP contribution in [0, 0.1) is 0 Å². The van der Waals surface area contributed by atoms with Gasteiger partial charge in [0, 0.05) is 6.54 Å². The molecule has 0 unspecified atom stereocenters. The molecule has 1 aliphatic heterocycles. The van der Waals surface area contributed by atoms with Gasteiger partial charge in [0.1, 0.15) is 6.61 Å². The number of carbonyl (C=O) groups is 2. The molecule has 0 aliphatic carbocycles. The number of amides is 1. The van der Waals surface area contributed by atoms with Crippen molar-refractivity contribution in [3.63, 3.8) is 0 Å². The molecule has 1 heterocycles. The summed E-state index contributed by atoms with van der Waals surface area (Å²) in [7, 11) is 0. The molecule has 0 atom stereocenters. The van der Waals surface area contributed by atoms with E-state index in [1.807, 2.05) is 32.0 Å². The van der Waals surface area contributed by atoms with Crippen LogP contribution in [-0.2, 0) is 11.4 Å². The molecule has 196 valence electrons. The minimum absolute atomic E-state index is 0.156. The Morgan fingerprint density at radius 1 is 1.00 bits per heavy atom. The summed E-state index contributed by atoms with van der Waals surface area (Å²) in [5, 5.41) is 10.6. The Labute approximate surface area is 234 Å². The fourth-order valence-electron chi connectivity index (χ4n) is 3.60. The SMILES string of the molecule is CCOc1cc(C=C2SC(=Nc3ccc(C(=O)O)cc3)N(CC)C2=O)ccc1OCc1ccc(Cl)c(Cl)c1. The monoisotopic (exact) mass is 570 g/mol. The van der Waals surface area contributed by atoms with Gasteiger partial charge in [-0.15, -0.1) is 0 Å². The number of nitrogens with zero attached hydrogens (tertiary/aromatic N) is 2. The average molecular weight is 571 g/mol. The maximum absolute atomic E-state index is 13.1. The molecule has 0 saturated carbocycles. The molecule has 1 N–H and O–H groups in total. The second-order valence-corrected chi connectivity index (χ2v) is 9.91. The van der Waals surface area contributed by atoms with Gasteiger partial charge in [0.05, 0.1) is 32.8 Å². The van der Waals surface area contributed by atoms with Gasteiger partial charge in [-0.3, -0.25) is 9.69 Å². The summed E-state index contributed by atoms with van der Waals surface area (Å²) in [6, 6.07) is 17.0. The van der Waals surface area contributed by atoms with Gasteiger partial charge in [0.25, 0.3) is 5.91 Å².